The zero-order chi connectivity index (χ0) is 17.6. The number of rotatable bonds is 5. The first-order chi connectivity index (χ1) is 12.2. The van der Waals surface area contributed by atoms with Crippen LogP contribution in [0.4, 0.5) is 0 Å². The van der Waals surface area contributed by atoms with E-state index in [9.17, 15) is 9.59 Å². The molecular weight excluding hydrogens is 324 g/mol. The Morgan fingerprint density at radius 1 is 1.04 bits per heavy atom. The zero-order valence-corrected chi connectivity index (χ0v) is 15.2. The predicted molar refractivity (Wildman–Crippen MR) is 90.8 cm³/mol. The minimum Gasteiger partial charge on any atom is -0.466 e. The Hall–Kier alpha value is -1.18. The van der Waals surface area contributed by atoms with E-state index in [1.165, 1.54) is 0 Å². The minimum atomic E-state index is -0.192. The molecule has 1 unspecified atom stereocenters. The number of likely N-dealkylation sites (tertiary alicyclic amines) is 2. The molecule has 0 aliphatic carbocycles. The monoisotopic (exact) mass is 354 g/mol. The summed E-state index contributed by atoms with van der Waals surface area (Å²) < 4.78 is 16.4. The standard InChI is InChI=1S/C18H30N2O5/c1-2-23-17(22)14-6-9-19(10-7-14)16(21)13-20-8-4-3-5-15(20)18-24-11-12-25-18/h14-15,18H,2-13H2,1H3. The molecule has 0 spiro atoms. The van der Waals surface area contributed by atoms with Gasteiger partial charge in [0.1, 0.15) is 0 Å². The summed E-state index contributed by atoms with van der Waals surface area (Å²) in [4.78, 5) is 28.6. The van der Waals surface area contributed by atoms with Gasteiger partial charge < -0.3 is 19.1 Å². The van der Waals surface area contributed by atoms with Crippen LogP contribution < -0.4 is 0 Å². The lowest BCUT2D eigenvalue weighted by Crippen LogP contribution is -2.52. The smallest absolute Gasteiger partial charge is 0.309 e. The van der Waals surface area contributed by atoms with E-state index in [4.69, 9.17) is 14.2 Å². The average molecular weight is 354 g/mol. The molecule has 0 aromatic carbocycles. The van der Waals surface area contributed by atoms with E-state index < -0.39 is 0 Å². The first kappa shape index (κ1) is 18.6. The fraction of sp³-hybridized carbons (Fsp3) is 0.889. The summed E-state index contributed by atoms with van der Waals surface area (Å²) in [5, 5.41) is 0. The molecule has 7 heteroatoms. The molecule has 25 heavy (non-hydrogen) atoms. The molecule has 3 aliphatic heterocycles. The Morgan fingerprint density at radius 3 is 2.44 bits per heavy atom. The van der Waals surface area contributed by atoms with Crippen LogP contribution in [0.15, 0.2) is 0 Å². The number of carbonyl (C=O) groups excluding carboxylic acids is 2. The molecule has 0 saturated carbocycles. The molecule has 3 aliphatic rings. The van der Waals surface area contributed by atoms with Crippen LogP contribution in [-0.4, -0.2) is 80.0 Å². The van der Waals surface area contributed by atoms with Gasteiger partial charge in [-0.05, 0) is 39.2 Å². The molecular formula is C18H30N2O5. The number of esters is 1. The van der Waals surface area contributed by atoms with E-state index in [0.717, 1.165) is 25.8 Å². The van der Waals surface area contributed by atoms with Crippen LogP contribution in [-0.2, 0) is 23.8 Å². The van der Waals surface area contributed by atoms with E-state index in [1.807, 2.05) is 11.8 Å². The third kappa shape index (κ3) is 4.71. The largest absolute Gasteiger partial charge is 0.466 e. The fourth-order valence-corrected chi connectivity index (χ4v) is 4.02. The van der Waals surface area contributed by atoms with Gasteiger partial charge in [0.2, 0.25) is 5.91 Å². The van der Waals surface area contributed by atoms with Gasteiger partial charge in [-0.25, -0.2) is 0 Å². The SMILES string of the molecule is CCOC(=O)C1CCN(C(=O)CN2CCCCC2C2OCCO2)CC1. The van der Waals surface area contributed by atoms with Gasteiger partial charge in [0.15, 0.2) is 6.29 Å². The van der Waals surface area contributed by atoms with Crippen molar-refractivity contribution in [2.24, 2.45) is 5.92 Å². The second-order valence-electron chi connectivity index (χ2n) is 7.05. The molecule has 3 heterocycles. The number of hydrogen-bond donors (Lipinski definition) is 0. The number of hydrogen-bond acceptors (Lipinski definition) is 6. The van der Waals surface area contributed by atoms with Crippen molar-refractivity contribution in [3.63, 3.8) is 0 Å². The Kier molecular flexibility index (Phi) is 6.67. The van der Waals surface area contributed by atoms with Crippen molar-refractivity contribution >= 4 is 11.9 Å². The van der Waals surface area contributed by atoms with Crippen molar-refractivity contribution < 1.29 is 23.8 Å². The Bertz CT molecular complexity index is 458. The molecule has 7 nitrogen and oxygen atoms in total. The number of carbonyl (C=O) groups is 2. The summed E-state index contributed by atoms with van der Waals surface area (Å²) in [6, 6.07) is 0.178. The highest BCUT2D eigenvalue weighted by molar-refractivity contribution is 5.79. The summed E-state index contributed by atoms with van der Waals surface area (Å²) in [6.45, 7) is 6.13. The van der Waals surface area contributed by atoms with Gasteiger partial charge in [-0.15, -0.1) is 0 Å². The normalized spacial score (nSPS) is 26.8. The second kappa shape index (κ2) is 8.96. The fourth-order valence-electron chi connectivity index (χ4n) is 4.02. The second-order valence-corrected chi connectivity index (χ2v) is 7.05. The first-order valence-electron chi connectivity index (χ1n) is 9.60. The molecule has 1 atom stereocenters. The van der Waals surface area contributed by atoms with Crippen LogP contribution in [0, 0.1) is 5.92 Å². The molecule has 0 radical (unpaired) electrons. The third-order valence-electron chi connectivity index (χ3n) is 5.43. The molecule has 3 saturated heterocycles. The summed E-state index contributed by atoms with van der Waals surface area (Å²) >= 11 is 0. The van der Waals surface area contributed by atoms with Crippen LogP contribution >= 0.6 is 0 Å². The lowest BCUT2D eigenvalue weighted by Gasteiger charge is -2.39. The number of amides is 1. The topological polar surface area (TPSA) is 68.3 Å². The lowest BCUT2D eigenvalue weighted by atomic mass is 9.96. The molecule has 0 aromatic heterocycles. The summed E-state index contributed by atoms with van der Waals surface area (Å²) in [5.74, 6) is -0.0412. The van der Waals surface area contributed by atoms with Crippen molar-refractivity contribution in [2.45, 2.75) is 51.4 Å². The Balaban J connectivity index is 1.49. The van der Waals surface area contributed by atoms with Crippen molar-refractivity contribution in [1.29, 1.82) is 0 Å². The quantitative estimate of drug-likeness (QED) is 0.687. The number of ether oxygens (including phenoxy) is 3. The molecule has 0 aromatic rings. The van der Waals surface area contributed by atoms with E-state index in [-0.39, 0.29) is 30.1 Å². The van der Waals surface area contributed by atoms with Crippen molar-refractivity contribution in [2.75, 3.05) is 46.0 Å². The molecule has 3 rings (SSSR count). The van der Waals surface area contributed by atoms with Gasteiger partial charge in [-0.1, -0.05) is 6.42 Å². The van der Waals surface area contributed by atoms with Gasteiger partial charge in [-0.2, -0.15) is 0 Å². The molecule has 3 fully saturated rings. The van der Waals surface area contributed by atoms with E-state index >= 15 is 0 Å². The maximum atomic E-state index is 12.7. The minimum absolute atomic E-state index is 0.0629. The van der Waals surface area contributed by atoms with Gasteiger partial charge in [0.25, 0.3) is 0 Å². The van der Waals surface area contributed by atoms with E-state index in [2.05, 4.69) is 4.90 Å². The van der Waals surface area contributed by atoms with Crippen molar-refractivity contribution in [3.05, 3.63) is 0 Å². The molecule has 0 N–H and O–H groups in total. The van der Waals surface area contributed by atoms with Crippen LogP contribution in [0.5, 0.6) is 0 Å². The first-order valence-corrected chi connectivity index (χ1v) is 9.60. The molecule has 142 valence electrons. The predicted octanol–water partition coefficient (Wildman–Crippen LogP) is 1.02. The van der Waals surface area contributed by atoms with Crippen LogP contribution in [0.25, 0.3) is 0 Å². The van der Waals surface area contributed by atoms with Gasteiger partial charge in [0.05, 0.1) is 38.3 Å². The summed E-state index contributed by atoms with van der Waals surface area (Å²) in [7, 11) is 0. The maximum absolute atomic E-state index is 12.7. The van der Waals surface area contributed by atoms with Gasteiger partial charge in [-0.3, -0.25) is 14.5 Å². The number of nitrogens with zero attached hydrogens (tertiary/aromatic N) is 2. The highest BCUT2D eigenvalue weighted by atomic mass is 16.7. The molecule has 1 amide bonds. The van der Waals surface area contributed by atoms with Gasteiger partial charge >= 0.3 is 5.97 Å². The lowest BCUT2D eigenvalue weighted by molar-refractivity contribution is -0.152. The average Bonchev–Trinajstić information content (AvgIpc) is 3.17. The summed E-state index contributed by atoms with van der Waals surface area (Å²) in [5.41, 5.74) is 0. The van der Waals surface area contributed by atoms with Crippen LogP contribution in [0.3, 0.4) is 0 Å². The van der Waals surface area contributed by atoms with Gasteiger partial charge in [0, 0.05) is 13.1 Å². The highest BCUT2D eigenvalue weighted by Gasteiger charge is 2.36. The van der Waals surface area contributed by atoms with Crippen molar-refractivity contribution in [3.8, 4) is 0 Å². The third-order valence-corrected chi connectivity index (χ3v) is 5.43. The van der Waals surface area contributed by atoms with E-state index in [0.29, 0.717) is 52.3 Å². The van der Waals surface area contributed by atoms with Crippen molar-refractivity contribution in [1.82, 2.24) is 9.80 Å². The Morgan fingerprint density at radius 2 is 1.76 bits per heavy atom. The summed E-state index contributed by atoms with van der Waals surface area (Å²) in [6.07, 6.45) is 4.49. The maximum Gasteiger partial charge on any atom is 0.309 e. The van der Waals surface area contributed by atoms with Crippen LogP contribution in [0.1, 0.15) is 39.0 Å². The molecule has 0 bridgehead atoms. The van der Waals surface area contributed by atoms with E-state index in [1.54, 1.807) is 0 Å². The zero-order valence-electron chi connectivity index (χ0n) is 15.2. The van der Waals surface area contributed by atoms with Crippen LogP contribution in [0.2, 0.25) is 0 Å². The Labute approximate surface area is 149 Å². The number of piperidine rings is 2. The highest BCUT2D eigenvalue weighted by Crippen LogP contribution is 2.25.